The predicted molar refractivity (Wildman–Crippen MR) is 84.8 cm³/mol. The number of aryl methyl sites for hydroxylation is 1. The molecule has 0 spiro atoms. The Kier molecular flexibility index (Phi) is 5.12. The molecule has 0 aliphatic rings. The van der Waals surface area contributed by atoms with Crippen LogP contribution >= 0.6 is 0 Å². The monoisotopic (exact) mass is 283 g/mol. The smallest absolute Gasteiger partial charge is 0.305 e. The molecule has 0 radical (unpaired) electrons. The Labute approximate surface area is 125 Å². The summed E-state index contributed by atoms with van der Waals surface area (Å²) < 4.78 is 4.65. The molecule has 0 fully saturated rings. The Bertz CT molecular complexity index is 603. The van der Waals surface area contributed by atoms with Crippen LogP contribution in [0, 0.1) is 0 Å². The van der Waals surface area contributed by atoms with Gasteiger partial charge in [-0.1, -0.05) is 42.5 Å². The third kappa shape index (κ3) is 4.17. The summed E-state index contributed by atoms with van der Waals surface area (Å²) >= 11 is 0. The summed E-state index contributed by atoms with van der Waals surface area (Å²) in [5.41, 5.74) is 10.5. The summed E-state index contributed by atoms with van der Waals surface area (Å²) in [4.78, 5) is 11.1. The summed E-state index contributed by atoms with van der Waals surface area (Å²) in [6.45, 7) is 1.98. The van der Waals surface area contributed by atoms with Crippen molar-refractivity contribution in [2.45, 2.75) is 25.8 Å². The lowest BCUT2D eigenvalue weighted by Crippen LogP contribution is -2.04. The molecular formula is C18H21NO2. The van der Waals surface area contributed by atoms with Crippen LogP contribution in [0.4, 0.5) is 0 Å². The van der Waals surface area contributed by atoms with Crippen LogP contribution in [0.1, 0.15) is 30.5 Å². The van der Waals surface area contributed by atoms with Crippen molar-refractivity contribution in [2.75, 3.05) is 7.11 Å². The predicted octanol–water partition coefficient (Wildman–Crippen LogP) is 3.48. The van der Waals surface area contributed by atoms with Gasteiger partial charge in [-0.05, 0) is 41.7 Å². The summed E-state index contributed by atoms with van der Waals surface area (Å²) in [6, 6.07) is 16.6. The second-order valence-electron chi connectivity index (χ2n) is 5.19. The van der Waals surface area contributed by atoms with Gasteiger partial charge >= 0.3 is 5.97 Å². The van der Waals surface area contributed by atoms with Crippen molar-refractivity contribution in [3.8, 4) is 11.1 Å². The van der Waals surface area contributed by atoms with E-state index in [1.54, 1.807) is 0 Å². The molecule has 3 nitrogen and oxygen atoms in total. The summed E-state index contributed by atoms with van der Waals surface area (Å²) in [5.74, 6) is -0.177. The highest BCUT2D eigenvalue weighted by Gasteiger charge is 2.04. The van der Waals surface area contributed by atoms with Gasteiger partial charge in [-0.3, -0.25) is 4.79 Å². The van der Waals surface area contributed by atoms with Gasteiger partial charge in [-0.15, -0.1) is 0 Å². The van der Waals surface area contributed by atoms with E-state index in [-0.39, 0.29) is 12.0 Å². The van der Waals surface area contributed by atoms with E-state index in [4.69, 9.17) is 5.73 Å². The first-order valence-electron chi connectivity index (χ1n) is 7.12. The first kappa shape index (κ1) is 15.3. The highest BCUT2D eigenvalue weighted by molar-refractivity contribution is 5.69. The second kappa shape index (κ2) is 7.04. The van der Waals surface area contributed by atoms with Gasteiger partial charge in [0.2, 0.25) is 0 Å². The summed E-state index contributed by atoms with van der Waals surface area (Å²) in [6.07, 6.45) is 1.11. The lowest BCUT2D eigenvalue weighted by molar-refractivity contribution is -0.140. The van der Waals surface area contributed by atoms with Crippen LogP contribution in [0.5, 0.6) is 0 Å². The van der Waals surface area contributed by atoms with Crippen molar-refractivity contribution >= 4 is 5.97 Å². The van der Waals surface area contributed by atoms with Gasteiger partial charge in [0.1, 0.15) is 0 Å². The molecule has 0 bridgehead atoms. The van der Waals surface area contributed by atoms with Crippen molar-refractivity contribution in [3.05, 3.63) is 59.7 Å². The summed E-state index contributed by atoms with van der Waals surface area (Å²) in [5, 5.41) is 0. The van der Waals surface area contributed by atoms with Crippen molar-refractivity contribution < 1.29 is 9.53 Å². The minimum Gasteiger partial charge on any atom is -0.469 e. The zero-order chi connectivity index (χ0) is 15.2. The Morgan fingerprint density at radius 2 is 1.86 bits per heavy atom. The third-order valence-corrected chi connectivity index (χ3v) is 3.55. The number of ether oxygens (including phenoxy) is 1. The van der Waals surface area contributed by atoms with Crippen LogP contribution < -0.4 is 5.73 Å². The van der Waals surface area contributed by atoms with E-state index < -0.39 is 0 Å². The van der Waals surface area contributed by atoms with E-state index in [1.807, 2.05) is 19.1 Å². The molecule has 21 heavy (non-hydrogen) atoms. The normalized spacial score (nSPS) is 12.0. The molecule has 0 aliphatic carbocycles. The number of esters is 1. The molecule has 0 saturated heterocycles. The Balaban J connectivity index is 2.11. The van der Waals surface area contributed by atoms with E-state index in [9.17, 15) is 4.79 Å². The Hall–Kier alpha value is -2.13. The minimum absolute atomic E-state index is 0.0317. The van der Waals surface area contributed by atoms with Crippen LogP contribution in [0.15, 0.2) is 48.5 Å². The maximum atomic E-state index is 11.1. The van der Waals surface area contributed by atoms with Crippen molar-refractivity contribution in [2.24, 2.45) is 5.73 Å². The van der Waals surface area contributed by atoms with Crippen LogP contribution in [0.2, 0.25) is 0 Å². The molecule has 2 N–H and O–H groups in total. The van der Waals surface area contributed by atoms with Gasteiger partial charge in [0.25, 0.3) is 0 Å². The lowest BCUT2D eigenvalue weighted by Gasteiger charge is -2.09. The molecule has 2 aromatic carbocycles. The molecule has 110 valence electrons. The SMILES string of the molecule is COC(=O)CCc1ccc(-c2cccc(C(C)N)c2)cc1. The molecule has 0 saturated carbocycles. The van der Waals surface area contributed by atoms with Crippen molar-refractivity contribution in [3.63, 3.8) is 0 Å². The molecule has 0 aromatic heterocycles. The van der Waals surface area contributed by atoms with E-state index >= 15 is 0 Å². The zero-order valence-electron chi connectivity index (χ0n) is 12.5. The number of hydrogen-bond donors (Lipinski definition) is 1. The number of rotatable bonds is 5. The highest BCUT2D eigenvalue weighted by atomic mass is 16.5. The molecule has 1 atom stereocenters. The van der Waals surface area contributed by atoms with E-state index in [0.717, 1.165) is 22.3 Å². The third-order valence-electron chi connectivity index (χ3n) is 3.55. The minimum atomic E-state index is -0.177. The standard InChI is InChI=1S/C18H21NO2/c1-13(19)16-4-3-5-17(12-16)15-9-6-14(7-10-15)8-11-18(20)21-2/h3-7,9-10,12-13H,8,11,19H2,1-2H3. The number of carbonyl (C=O) groups excluding carboxylic acids is 1. The van der Waals surface area contributed by atoms with Crippen molar-refractivity contribution in [1.82, 2.24) is 0 Å². The van der Waals surface area contributed by atoms with Gasteiger partial charge in [0, 0.05) is 12.5 Å². The quantitative estimate of drug-likeness (QED) is 0.855. The highest BCUT2D eigenvalue weighted by Crippen LogP contribution is 2.23. The number of benzene rings is 2. The van der Waals surface area contributed by atoms with E-state index in [1.165, 1.54) is 7.11 Å². The van der Waals surface area contributed by atoms with Gasteiger partial charge in [-0.25, -0.2) is 0 Å². The second-order valence-corrected chi connectivity index (χ2v) is 5.19. The largest absolute Gasteiger partial charge is 0.469 e. The average molecular weight is 283 g/mol. The molecule has 0 aliphatic heterocycles. The Morgan fingerprint density at radius 1 is 1.14 bits per heavy atom. The maximum Gasteiger partial charge on any atom is 0.305 e. The molecule has 2 aromatic rings. The van der Waals surface area contributed by atoms with Gasteiger partial charge in [-0.2, -0.15) is 0 Å². The van der Waals surface area contributed by atoms with Gasteiger partial charge in [0.05, 0.1) is 7.11 Å². The fraction of sp³-hybridized carbons (Fsp3) is 0.278. The average Bonchev–Trinajstić information content (AvgIpc) is 2.53. The van der Waals surface area contributed by atoms with Crippen LogP contribution in [-0.4, -0.2) is 13.1 Å². The molecule has 0 heterocycles. The number of methoxy groups -OCH3 is 1. The molecular weight excluding hydrogens is 262 g/mol. The number of nitrogens with two attached hydrogens (primary N) is 1. The van der Waals surface area contributed by atoms with Crippen LogP contribution in [-0.2, 0) is 16.0 Å². The lowest BCUT2D eigenvalue weighted by atomic mass is 9.99. The zero-order valence-corrected chi connectivity index (χ0v) is 12.5. The fourth-order valence-electron chi connectivity index (χ4n) is 2.21. The van der Waals surface area contributed by atoms with E-state index in [0.29, 0.717) is 12.8 Å². The Morgan fingerprint density at radius 3 is 2.48 bits per heavy atom. The summed E-state index contributed by atoms with van der Waals surface area (Å²) in [7, 11) is 1.41. The fourth-order valence-corrected chi connectivity index (χ4v) is 2.21. The molecule has 1 unspecified atom stereocenters. The number of carbonyl (C=O) groups is 1. The molecule has 2 rings (SSSR count). The van der Waals surface area contributed by atoms with Gasteiger partial charge in [0.15, 0.2) is 0 Å². The van der Waals surface area contributed by atoms with E-state index in [2.05, 4.69) is 41.1 Å². The first-order valence-corrected chi connectivity index (χ1v) is 7.12. The first-order chi connectivity index (χ1) is 10.1. The van der Waals surface area contributed by atoms with Crippen LogP contribution in [0.3, 0.4) is 0 Å². The molecule has 0 amide bonds. The maximum absolute atomic E-state index is 11.1. The van der Waals surface area contributed by atoms with Gasteiger partial charge < -0.3 is 10.5 Å². The van der Waals surface area contributed by atoms with Crippen molar-refractivity contribution in [1.29, 1.82) is 0 Å². The number of hydrogen-bond acceptors (Lipinski definition) is 3. The molecule has 3 heteroatoms. The van der Waals surface area contributed by atoms with Crippen LogP contribution in [0.25, 0.3) is 11.1 Å². The topological polar surface area (TPSA) is 52.3 Å².